The van der Waals surface area contributed by atoms with Gasteiger partial charge in [0.15, 0.2) is 0 Å². The highest BCUT2D eigenvalue weighted by Gasteiger charge is 2.30. The van der Waals surface area contributed by atoms with Crippen molar-refractivity contribution in [1.29, 1.82) is 0 Å². The highest BCUT2D eigenvalue weighted by atomic mass is 16.5. The lowest BCUT2D eigenvalue weighted by Crippen LogP contribution is -2.52. The Balaban J connectivity index is 2.32. The van der Waals surface area contributed by atoms with Crippen molar-refractivity contribution in [2.75, 3.05) is 39.8 Å². The van der Waals surface area contributed by atoms with Gasteiger partial charge in [-0.3, -0.25) is 9.69 Å². The van der Waals surface area contributed by atoms with Gasteiger partial charge in [0.2, 0.25) is 0 Å². The van der Waals surface area contributed by atoms with Crippen molar-refractivity contribution in [2.45, 2.75) is 45.2 Å². The van der Waals surface area contributed by atoms with Gasteiger partial charge in [-0.25, -0.2) is 0 Å². The fraction of sp³-hybridized carbons (Fsp3) is 0.929. The first-order chi connectivity index (χ1) is 8.90. The second kappa shape index (κ2) is 7.22. The van der Waals surface area contributed by atoms with Gasteiger partial charge in [0.05, 0.1) is 7.11 Å². The third-order valence-electron chi connectivity index (χ3n) is 4.22. The number of carbonyl (C=O) groups is 1. The number of methoxy groups -OCH3 is 1. The summed E-state index contributed by atoms with van der Waals surface area (Å²) in [6.45, 7) is 11.4. The number of nitrogens with zero attached hydrogens (tertiary/aromatic N) is 2. The van der Waals surface area contributed by atoms with Crippen molar-refractivity contribution in [3.63, 3.8) is 0 Å². The Hall–Kier alpha value is -0.650. The Labute approximate surface area is 117 Å². The first kappa shape index (κ1) is 16.4. The SMILES string of the molecule is CCC(C)N1CCN(CCC(C)(N)C(=O)OC)CC1. The highest BCUT2D eigenvalue weighted by Crippen LogP contribution is 2.12. The van der Waals surface area contributed by atoms with Crippen molar-refractivity contribution in [3.8, 4) is 0 Å². The van der Waals surface area contributed by atoms with Gasteiger partial charge in [-0.1, -0.05) is 6.92 Å². The van der Waals surface area contributed by atoms with Crippen LogP contribution in [0.25, 0.3) is 0 Å². The zero-order valence-electron chi connectivity index (χ0n) is 12.8. The van der Waals surface area contributed by atoms with Crippen molar-refractivity contribution >= 4 is 5.97 Å². The lowest BCUT2D eigenvalue weighted by molar-refractivity contribution is -0.146. The van der Waals surface area contributed by atoms with Crippen LogP contribution in [0, 0.1) is 0 Å². The van der Waals surface area contributed by atoms with Gasteiger partial charge in [-0.05, 0) is 26.7 Å². The summed E-state index contributed by atoms with van der Waals surface area (Å²) < 4.78 is 4.73. The summed E-state index contributed by atoms with van der Waals surface area (Å²) in [4.78, 5) is 16.4. The van der Waals surface area contributed by atoms with Crippen LogP contribution in [0.4, 0.5) is 0 Å². The predicted octanol–water partition coefficient (Wildman–Crippen LogP) is 0.683. The fourth-order valence-corrected chi connectivity index (χ4v) is 2.41. The lowest BCUT2D eigenvalue weighted by atomic mass is 9.99. The topological polar surface area (TPSA) is 58.8 Å². The Morgan fingerprint density at radius 2 is 1.95 bits per heavy atom. The summed E-state index contributed by atoms with van der Waals surface area (Å²) >= 11 is 0. The quantitative estimate of drug-likeness (QED) is 0.720. The standard InChI is InChI=1S/C14H29N3O2/c1-5-12(2)17-10-8-16(9-11-17)7-6-14(3,15)13(18)19-4/h12H,5-11,15H2,1-4H3. The van der Waals surface area contributed by atoms with E-state index in [-0.39, 0.29) is 5.97 Å². The summed E-state index contributed by atoms with van der Waals surface area (Å²) in [6.07, 6.45) is 1.84. The first-order valence-corrected chi connectivity index (χ1v) is 7.24. The molecule has 2 atom stereocenters. The molecule has 0 saturated carbocycles. The minimum Gasteiger partial charge on any atom is -0.468 e. The van der Waals surface area contributed by atoms with E-state index in [2.05, 4.69) is 23.6 Å². The first-order valence-electron chi connectivity index (χ1n) is 7.24. The minimum atomic E-state index is -0.872. The molecule has 0 aromatic carbocycles. The van der Waals surface area contributed by atoms with Crippen molar-refractivity contribution in [3.05, 3.63) is 0 Å². The third-order valence-corrected chi connectivity index (χ3v) is 4.22. The van der Waals surface area contributed by atoms with E-state index in [9.17, 15) is 4.79 Å². The van der Waals surface area contributed by atoms with E-state index < -0.39 is 5.54 Å². The average Bonchev–Trinajstić information content (AvgIpc) is 2.43. The molecule has 2 N–H and O–H groups in total. The van der Waals surface area contributed by atoms with Crippen molar-refractivity contribution in [2.24, 2.45) is 5.73 Å². The Morgan fingerprint density at radius 1 is 1.37 bits per heavy atom. The molecule has 0 aromatic rings. The van der Waals surface area contributed by atoms with Crippen LogP contribution in [0.1, 0.15) is 33.6 Å². The minimum absolute atomic E-state index is 0.328. The summed E-state index contributed by atoms with van der Waals surface area (Å²) in [5.41, 5.74) is 5.10. The maximum atomic E-state index is 11.5. The molecule has 112 valence electrons. The molecule has 0 bridgehead atoms. The summed E-state index contributed by atoms with van der Waals surface area (Å²) in [5.74, 6) is -0.328. The summed E-state index contributed by atoms with van der Waals surface area (Å²) in [5, 5.41) is 0. The molecule has 1 saturated heterocycles. The van der Waals surface area contributed by atoms with E-state index in [1.54, 1.807) is 6.92 Å². The number of carbonyl (C=O) groups excluding carboxylic acids is 1. The molecule has 1 aliphatic rings. The number of esters is 1. The van der Waals surface area contributed by atoms with Gasteiger partial charge in [0.25, 0.3) is 0 Å². The lowest BCUT2D eigenvalue weighted by Gasteiger charge is -2.38. The van der Waals surface area contributed by atoms with E-state index in [0.29, 0.717) is 12.5 Å². The largest absolute Gasteiger partial charge is 0.468 e. The van der Waals surface area contributed by atoms with Crippen LogP contribution < -0.4 is 5.73 Å². The maximum Gasteiger partial charge on any atom is 0.325 e. The van der Waals surface area contributed by atoms with Gasteiger partial charge >= 0.3 is 5.97 Å². The number of hydrogen-bond acceptors (Lipinski definition) is 5. The van der Waals surface area contributed by atoms with Crippen LogP contribution >= 0.6 is 0 Å². The van der Waals surface area contributed by atoms with Crippen LogP contribution in [-0.2, 0) is 9.53 Å². The van der Waals surface area contributed by atoms with E-state index in [1.165, 1.54) is 13.5 Å². The highest BCUT2D eigenvalue weighted by molar-refractivity contribution is 5.79. The van der Waals surface area contributed by atoms with E-state index >= 15 is 0 Å². The normalized spacial score (nSPS) is 22.8. The number of ether oxygens (including phenoxy) is 1. The molecular weight excluding hydrogens is 242 g/mol. The maximum absolute atomic E-state index is 11.5. The van der Waals surface area contributed by atoms with Crippen molar-refractivity contribution in [1.82, 2.24) is 9.80 Å². The molecule has 5 heteroatoms. The second-order valence-electron chi connectivity index (χ2n) is 5.79. The monoisotopic (exact) mass is 271 g/mol. The van der Waals surface area contributed by atoms with Crippen LogP contribution in [0.3, 0.4) is 0 Å². The summed E-state index contributed by atoms with van der Waals surface area (Å²) in [7, 11) is 1.39. The van der Waals surface area contributed by atoms with Gasteiger partial charge in [-0.15, -0.1) is 0 Å². The van der Waals surface area contributed by atoms with E-state index in [4.69, 9.17) is 10.5 Å². The Morgan fingerprint density at radius 3 is 2.42 bits per heavy atom. The van der Waals surface area contributed by atoms with Gasteiger partial charge in [0.1, 0.15) is 5.54 Å². The molecule has 1 rings (SSSR count). The fourth-order valence-electron chi connectivity index (χ4n) is 2.41. The van der Waals surface area contributed by atoms with Crippen molar-refractivity contribution < 1.29 is 9.53 Å². The average molecular weight is 271 g/mol. The van der Waals surface area contributed by atoms with E-state index in [1.807, 2.05) is 0 Å². The Bertz CT molecular complexity index is 286. The smallest absolute Gasteiger partial charge is 0.325 e. The Kier molecular flexibility index (Phi) is 6.23. The van der Waals surface area contributed by atoms with Crippen LogP contribution in [0.2, 0.25) is 0 Å². The summed E-state index contributed by atoms with van der Waals surface area (Å²) in [6, 6.07) is 0.664. The molecule has 0 spiro atoms. The van der Waals surface area contributed by atoms with Crippen LogP contribution in [0.15, 0.2) is 0 Å². The molecule has 0 radical (unpaired) electrons. The van der Waals surface area contributed by atoms with Gasteiger partial charge in [-0.2, -0.15) is 0 Å². The molecule has 1 heterocycles. The number of piperazine rings is 1. The predicted molar refractivity (Wildman–Crippen MR) is 77.0 cm³/mol. The molecule has 1 fully saturated rings. The van der Waals surface area contributed by atoms with E-state index in [0.717, 1.165) is 32.7 Å². The third kappa shape index (κ3) is 4.75. The van der Waals surface area contributed by atoms with Crippen LogP contribution in [0.5, 0.6) is 0 Å². The molecular formula is C14H29N3O2. The van der Waals surface area contributed by atoms with Gasteiger partial charge < -0.3 is 15.4 Å². The molecule has 0 amide bonds. The van der Waals surface area contributed by atoms with Gasteiger partial charge in [0, 0.05) is 38.8 Å². The molecule has 0 aliphatic carbocycles. The number of rotatable bonds is 6. The molecule has 1 aliphatic heterocycles. The zero-order chi connectivity index (χ0) is 14.5. The second-order valence-corrected chi connectivity index (χ2v) is 5.79. The molecule has 19 heavy (non-hydrogen) atoms. The molecule has 0 aromatic heterocycles. The number of hydrogen-bond donors (Lipinski definition) is 1. The number of nitrogens with two attached hydrogens (primary N) is 1. The van der Waals surface area contributed by atoms with Crippen LogP contribution in [-0.4, -0.2) is 67.2 Å². The molecule has 5 nitrogen and oxygen atoms in total. The zero-order valence-corrected chi connectivity index (χ0v) is 12.8. The molecule has 2 unspecified atom stereocenters.